The Morgan fingerprint density at radius 3 is 2.57 bits per heavy atom. The number of carbonyl (C=O) groups excluding carboxylic acids is 2. The van der Waals surface area contributed by atoms with Crippen molar-refractivity contribution in [2.45, 2.75) is 45.1 Å². The van der Waals surface area contributed by atoms with Gasteiger partial charge in [0, 0.05) is 31.7 Å². The van der Waals surface area contributed by atoms with Crippen LogP contribution in [0.4, 0.5) is 0 Å². The Morgan fingerprint density at radius 1 is 1.10 bits per heavy atom. The van der Waals surface area contributed by atoms with Gasteiger partial charge < -0.3 is 19.9 Å². The summed E-state index contributed by atoms with van der Waals surface area (Å²) in [7, 11) is 0. The van der Waals surface area contributed by atoms with Gasteiger partial charge in [-0.1, -0.05) is 25.1 Å². The summed E-state index contributed by atoms with van der Waals surface area (Å²) in [5.41, 5.74) is 1.77. The molecule has 2 heterocycles. The van der Waals surface area contributed by atoms with Crippen LogP contribution < -0.4 is 5.32 Å². The zero-order valence-electron chi connectivity index (χ0n) is 18.1. The van der Waals surface area contributed by atoms with E-state index in [9.17, 15) is 9.59 Å². The number of carbonyl (C=O) groups is 2. The van der Waals surface area contributed by atoms with Gasteiger partial charge in [-0.2, -0.15) is 0 Å². The summed E-state index contributed by atoms with van der Waals surface area (Å²) in [4.78, 5) is 29.5. The average Bonchev–Trinajstić information content (AvgIpc) is 3.59. The van der Waals surface area contributed by atoms with Crippen molar-refractivity contribution >= 4 is 11.8 Å². The normalized spacial score (nSPS) is 23.6. The number of piperidine rings is 1. The molecule has 0 aromatic heterocycles. The first-order valence-electron chi connectivity index (χ1n) is 11.6. The summed E-state index contributed by atoms with van der Waals surface area (Å²) in [5, 5.41) is 3.00. The van der Waals surface area contributed by atoms with Crippen LogP contribution in [0.25, 0.3) is 0 Å². The second kappa shape index (κ2) is 9.92. The number of hydrogen-bond acceptors (Lipinski definition) is 4. The van der Waals surface area contributed by atoms with Crippen LogP contribution in [0.2, 0.25) is 0 Å². The molecule has 6 heteroatoms. The third kappa shape index (κ3) is 5.61. The number of ether oxygens (including phenoxy) is 1. The van der Waals surface area contributed by atoms with Crippen molar-refractivity contribution < 1.29 is 14.3 Å². The van der Waals surface area contributed by atoms with Crippen LogP contribution in [-0.4, -0.2) is 73.6 Å². The van der Waals surface area contributed by atoms with Crippen LogP contribution in [0.3, 0.4) is 0 Å². The molecule has 0 bridgehead atoms. The van der Waals surface area contributed by atoms with Crippen molar-refractivity contribution in [1.29, 1.82) is 0 Å². The Morgan fingerprint density at radius 2 is 1.83 bits per heavy atom. The maximum Gasteiger partial charge on any atom is 0.251 e. The van der Waals surface area contributed by atoms with Gasteiger partial charge in [0.05, 0.1) is 6.10 Å². The largest absolute Gasteiger partial charge is 0.365 e. The maximum atomic E-state index is 12.6. The van der Waals surface area contributed by atoms with Crippen molar-refractivity contribution in [3.05, 3.63) is 35.4 Å². The number of benzene rings is 1. The Labute approximate surface area is 179 Å². The molecule has 4 rings (SSSR count). The lowest BCUT2D eigenvalue weighted by molar-refractivity contribution is -0.149. The number of hydrogen-bond donors (Lipinski definition) is 1. The first kappa shape index (κ1) is 21.3. The van der Waals surface area contributed by atoms with Crippen molar-refractivity contribution in [3.63, 3.8) is 0 Å². The number of morpholine rings is 1. The third-order valence-electron chi connectivity index (χ3n) is 6.75. The summed E-state index contributed by atoms with van der Waals surface area (Å²) in [6.45, 7) is 7.58. The molecular weight excluding hydrogens is 378 g/mol. The molecule has 1 aromatic carbocycles. The summed E-state index contributed by atoms with van der Waals surface area (Å²) in [5.74, 6) is 1.54. The van der Waals surface area contributed by atoms with E-state index in [4.69, 9.17) is 4.74 Å². The van der Waals surface area contributed by atoms with Gasteiger partial charge in [-0.05, 0) is 68.7 Å². The van der Waals surface area contributed by atoms with E-state index in [-0.39, 0.29) is 24.5 Å². The van der Waals surface area contributed by atoms with Crippen molar-refractivity contribution in [1.82, 2.24) is 15.1 Å². The fraction of sp³-hybridized carbons (Fsp3) is 0.667. The van der Waals surface area contributed by atoms with E-state index in [1.54, 1.807) is 0 Å². The number of likely N-dealkylation sites (tertiary alicyclic amines) is 1. The standard InChI is InChI=1S/C24H35N3O3/c1-2-20-5-3-4-6-22(20)24(29)25-13-21-16-27(23(28)17-30-21)15-19-9-11-26(12-10-19)14-18-7-8-18/h3-6,18-19,21H,2,7-17H2,1H3,(H,25,29). The SMILES string of the molecule is CCc1ccccc1C(=O)NCC1CN(CC2CCN(CC3CC3)CC2)C(=O)CO1. The second-order valence-corrected chi connectivity index (χ2v) is 9.14. The van der Waals surface area contributed by atoms with Crippen molar-refractivity contribution in [3.8, 4) is 0 Å². The molecule has 3 fully saturated rings. The van der Waals surface area contributed by atoms with Crippen LogP contribution in [0, 0.1) is 11.8 Å². The first-order chi connectivity index (χ1) is 14.6. The maximum absolute atomic E-state index is 12.6. The van der Waals surface area contributed by atoms with Crippen molar-refractivity contribution in [2.75, 3.05) is 45.9 Å². The van der Waals surface area contributed by atoms with Gasteiger partial charge in [0.25, 0.3) is 5.91 Å². The van der Waals surface area contributed by atoms with Crippen molar-refractivity contribution in [2.24, 2.45) is 11.8 Å². The van der Waals surface area contributed by atoms with Crippen LogP contribution in [-0.2, 0) is 16.0 Å². The topological polar surface area (TPSA) is 61.9 Å². The van der Waals surface area contributed by atoms with Gasteiger partial charge in [0.15, 0.2) is 0 Å². The quantitative estimate of drug-likeness (QED) is 0.711. The van der Waals surface area contributed by atoms with Gasteiger partial charge in [0.2, 0.25) is 5.91 Å². The van der Waals surface area contributed by atoms with Gasteiger partial charge >= 0.3 is 0 Å². The average molecular weight is 414 g/mol. The third-order valence-corrected chi connectivity index (χ3v) is 6.75. The highest BCUT2D eigenvalue weighted by molar-refractivity contribution is 5.95. The fourth-order valence-corrected chi connectivity index (χ4v) is 4.66. The molecule has 164 valence electrons. The van der Waals surface area contributed by atoms with Gasteiger partial charge in [0.1, 0.15) is 6.61 Å². The molecule has 1 aromatic rings. The minimum atomic E-state index is -0.143. The number of nitrogens with one attached hydrogen (secondary N) is 1. The molecule has 1 atom stereocenters. The van der Waals surface area contributed by atoms with E-state index < -0.39 is 0 Å². The lowest BCUT2D eigenvalue weighted by atomic mass is 9.95. The molecule has 1 unspecified atom stereocenters. The molecule has 0 radical (unpaired) electrons. The van der Waals surface area contributed by atoms with E-state index >= 15 is 0 Å². The highest BCUT2D eigenvalue weighted by Crippen LogP contribution is 2.31. The molecule has 2 aliphatic heterocycles. The highest BCUT2D eigenvalue weighted by atomic mass is 16.5. The predicted octanol–water partition coefficient (Wildman–Crippen LogP) is 2.33. The second-order valence-electron chi connectivity index (χ2n) is 9.14. The van der Waals surface area contributed by atoms with E-state index in [0.717, 1.165) is 43.1 Å². The zero-order chi connectivity index (χ0) is 20.9. The van der Waals surface area contributed by atoms with Crippen LogP contribution >= 0.6 is 0 Å². The molecule has 0 spiro atoms. The Kier molecular flexibility index (Phi) is 7.05. The molecule has 1 saturated carbocycles. The van der Waals surface area contributed by atoms with Crippen LogP contribution in [0.5, 0.6) is 0 Å². The van der Waals surface area contributed by atoms with E-state index in [2.05, 4.69) is 17.1 Å². The molecule has 1 N–H and O–H groups in total. The summed E-state index contributed by atoms with van der Waals surface area (Å²) < 4.78 is 5.71. The fourth-order valence-electron chi connectivity index (χ4n) is 4.66. The zero-order valence-corrected chi connectivity index (χ0v) is 18.1. The Balaban J connectivity index is 1.23. The lowest BCUT2D eigenvalue weighted by Crippen LogP contribution is -2.52. The number of rotatable bonds is 8. The highest BCUT2D eigenvalue weighted by Gasteiger charge is 2.31. The van der Waals surface area contributed by atoms with Crippen LogP contribution in [0.15, 0.2) is 24.3 Å². The molecule has 30 heavy (non-hydrogen) atoms. The smallest absolute Gasteiger partial charge is 0.251 e. The molecule has 2 saturated heterocycles. The van der Waals surface area contributed by atoms with Gasteiger partial charge in [-0.15, -0.1) is 0 Å². The molecule has 1 aliphatic carbocycles. The molecule has 3 aliphatic rings. The monoisotopic (exact) mass is 413 g/mol. The Hall–Kier alpha value is -1.92. The van der Waals surface area contributed by atoms with E-state index in [1.807, 2.05) is 29.2 Å². The minimum absolute atomic E-state index is 0.0671. The van der Waals surface area contributed by atoms with E-state index in [1.165, 1.54) is 32.2 Å². The van der Waals surface area contributed by atoms with E-state index in [0.29, 0.717) is 19.0 Å². The molecular formula is C24H35N3O3. The number of nitrogens with zero attached hydrogens (tertiary/aromatic N) is 2. The molecule has 6 nitrogen and oxygen atoms in total. The van der Waals surface area contributed by atoms with Crippen LogP contribution in [0.1, 0.15) is 48.5 Å². The minimum Gasteiger partial charge on any atom is -0.365 e. The summed E-state index contributed by atoms with van der Waals surface area (Å²) in [6.07, 6.45) is 5.84. The molecule has 2 amide bonds. The predicted molar refractivity (Wildman–Crippen MR) is 116 cm³/mol. The number of aryl methyl sites for hydroxylation is 1. The van der Waals surface area contributed by atoms with Gasteiger partial charge in [-0.3, -0.25) is 9.59 Å². The first-order valence-corrected chi connectivity index (χ1v) is 11.6. The summed E-state index contributed by atoms with van der Waals surface area (Å²) >= 11 is 0. The number of amides is 2. The Bertz CT molecular complexity index is 741. The lowest BCUT2D eigenvalue weighted by Gasteiger charge is -2.38. The summed E-state index contributed by atoms with van der Waals surface area (Å²) in [6, 6.07) is 7.70. The van der Waals surface area contributed by atoms with Gasteiger partial charge in [-0.25, -0.2) is 0 Å².